The molecule has 1 atom stereocenters. The van der Waals surface area contributed by atoms with Crippen LogP contribution in [0.3, 0.4) is 0 Å². The van der Waals surface area contributed by atoms with Crippen molar-refractivity contribution in [3.8, 4) is 22.1 Å². The minimum Gasteiger partial charge on any atom is -0.485 e. The Kier molecular flexibility index (Phi) is 3.36. The lowest BCUT2D eigenvalue weighted by atomic mass is 10.2. The summed E-state index contributed by atoms with van der Waals surface area (Å²) in [5.41, 5.74) is 0.945. The van der Waals surface area contributed by atoms with Crippen molar-refractivity contribution in [3.05, 3.63) is 59.4 Å². The van der Waals surface area contributed by atoms with E-state index in [2.05, 4.69) is 15.3 Å². The number of halogens is 1. The van der Waals surface area contributed by atoms with Crippen molar-refractivity contribution in [3.63, 3.8) is 0 Å². The number of aromatic nitrogens is 4. The zero-order valence-electron chi connectivity index (χ0n) is 12.8. The summed E-state index contributed by atoms with van der Waals surface area (Å²) in [6, 6.07) is 15.2. The van der Waals surface area contributed by atoms with Crippen LogP contribution in [0, 0.1) is 0 Å². The molecule has 1 aliphatic heterocycles. The summed E-state index contributed by atoms with van der Waals surface area (Å²) in [7, 11) is 0. The highest BCUT2D eigenvalue weighted by atomic mass is 35.5. The maximum absolute atomic E-state index is 6.07. The van der Waals surface area contributed by atoms with Crippen molar-refractivity contribution in [2.45, 2.75) is 6.10 Å². The molecule has 4 aromatic rings. The molecule has 124 valence electrons. The number of fused-ring (bicyclic) bond motifs is 2. The van der Waals surface area contributed by atoms with Crippen molar-refractivity contribution in [1.29, 1.82) is 0 Å². The molecule has 2 aromatic heterocycles. The molecule has 0 bridgehead atoms. The number of nitrogens with zero attached hydrogens (tertiary/aromatic N) is 4. The second kappa shape index (κ2) is 5.72. The smallest absolute Gasteiger partial charge is 0.235 e. The molecule has 0 unspecified atom stereocenters. The molecule has 0 N–H and O–H groups in total. The molecule has 8 heteroatoms. The lowest BCUT2D eigenvalue weighted by molar-refractivity contribution is 0.0836. The Morgan fingerprint density at radius 3 is 2.84 bits per heavy atom. The molecule has 0 aliphatic carbocycles. The lowest BCUT2D eigenvalue weighted by Crippen LogP contribution is -2.23. The van der Waals surface area contributed by atoms with Gasteiger partial charge in [-0.2, -0.15) is 9.61 Å². The first-order chi connectivity index (χ1) is 12.3. The van der Waals surface area contributed by atoms with Gasteiger partial charge < -0.3 is 9.47 Å². The standard InChI is InChI=1S/C17H11ClN4O2S/c18-11-5-3-4-10(8-11)16-21-22-15(19-20-17(22)25-16)14-9-23-12-6-1-2-7-13(12)24-14/h1-8,14H,9H2/t14-/m1/s1. The second-order valence-electron chi connectivity index (χ2n) is 5.53. The highest BCUT2D eigenvalue weighted by molar-refractivity contribution is 7.19. The summed E-state index contributed by atoms with van der Waals surface area (Å²) in [6.45, 7) is 0.363. The Bertz CT molecular complexity index is 1080. The van der Waals surface area contributed by atoms with Crippen LogP contribution in [0.5, 0.6) is 11.5 Å². The van der Waals surface area contributed by atoms with Crippen LogP contribution >= 0.6 is 22.9 Å². The molecule has 0 spiro atoms. The lowest BCUT2D eigenvalue weighted by Gasteiger charge is -2.24. The monoisotopic (exact) mass is 370 g/mol. The Balaban J connectivity index is 1.53. The van der Waals surface area contributed by atoms with Crippen LogP contribution in [0.15, 0.2) is 48.5 Å². The number of hydrogen-bond donors (Lipinski definition) is 0. The van der Waals surface area contributed by atoms with Crippen molar-refractivity contribution >= 4 is 27.9 Å². The maximum Gasteiger partial charge on any atom is 0.235 e. The van der Waals surface area contributed by atoms with Gasteiger partial charge in [0.15, 0.2) is 23.4 Å². The van der Waals surface area contributed by atoms with Crippen LogP contribution in [-0.2, 0) is 0 Å². The van der Waals surface area contributed by atoms with Crippen LogP contribution in [-0.4, -0.2) is 26.4 Å². The van der Waals surface area contributed by atoms with Gasteiger partial charge >= 0.3 is 0 Å². The molecule has 0 radical (unpaired) electrons. The van der Waals surface area contributed by atoms with E-state index >= 15 is 0 Å². The third-order valence-electron chi connectivity index (χ3n) is 3.88. The zero-order chi connectivity index (χ0) is 16.8. The van der Waals surface area contributed by atoms with Crippen molar-refractivity contribution in [1.82, 2.24) is 19.8 Å². The van der Waals surface area contributed by atoms with Crippen molar-refractivity contribution < 1.29 is 9.47 Å². The first kappa shape index (κ1) is 14.7. The van der Waals surface area contributed by atoms with E-state index in [0.717, 1.165) is 16.3 Å². The van der Waals surface area contributed by atoms with Gasteiger partial charge in [-0.05, 0) is 24.3 Å². The van der Waals surface area contributed by atoms with E-state index in [0.29, 0.717) is 28.2 Å². The molecule has 3 heterocycles. The number of hydrogen-bond acceptors (Lipinski definition) is 6. The van der Waals surface area contributed by atoms with E-state index in [1.165, 1.54) is 11.3 Å². The van der Waals surface area contributed by atoms with Crippen LogP contribution < -0.4 is 9.47 Å². The highest BCUT2D eigenvalue weighted by Gasteiger charge is 2.28. The summed E-state index contributed by atoms with van der Waals surface area (Å²) in [4.78, 5) is 0.701. The first-order valence-corrected chi connectivity index (χ1v) is 8.84. The van der Waals surface area contributed by atoms with Gasteiger partial charge in [-0.3, -0.25) is 0 Å². The van der Waals surface area contributed by atoms with Gasteiger partial charge in [-0.15, -0.1) is 10.2 Å². The average molecular weight is 371 g/mol. The Labute approximate surface area is 151 Å². The van der Waals surface area contributed by atoms with Gasteiger partial charge in [0.2, 0.25) is 4.96 Å². The molecule has 2 aromatic carbocycles. The van der Waals surface area contributed by atoms with E-state index < -0.39 is 0 Å². The molecule has 0 saturated carbocycles. The van der Waals surface area contributed by atoms with Crippen molar-refractivity contribution in [2.75, 3.05) is 6.61 Å². The molecule has 0 fully saturated rings. The molecule has 6 nitrogen and oxygen atoms in total. The van der Waals surface area contributed by atoms with Crippen LogP contribution in [0.1, 0.15) is 11.9 Å². The Morgan fingerprint density at radius 2 is 1.96 bits per heavy atom. The molecular weight excluding hydrogens is 360 g/mol. The zero-order valence-corrected chi connectivity index (χ0v) is 14.4. The van der Waals surface area contributed by atoms with E-state index in [1.54, 1.807) is 4.52 Å². The van der Waals surface area contributed by atoms with E-state index in [9.17, 15) is 0 Å². The number of para-hydroxylation sites is 2. The third kappa shape index (κ3) is 2.52. The first-order valence-electron chi connectivity index (χ1n) is 7.64. The fraction of sp³-hybridized carbons (Fsp3) is 0.118. The maximum atomic E-state index is 6.07. The minimum absolute atomic E-state index is 0.362. The highest BCUT2D eigenvalue weighted by Crippen LogP contribution is 2.36. The van der Waals surface area contributed by atoms with E-state index in [4.69, 9.17) is 21.1 Å². The predicted octanol–water partition coefficient (Wildman–Crippen LogP) is 4.02. The number of benzene rings is 2. The van der Waals surface area contributed by atoms with Gasteiger partial charge in [-0.1, -0.05) is 47.2 Å². The normalized spacial score (nSPS) is 16.3. The van der Waals surface area contributed by atoms with Crippen molar-refractivity contribution in [2.24, 2.45) is 0 Å². The summed E-state index contributed by atoms with van der Waals surface area (Å²) in [5, 5.41) is 14.6. The molecule has 25 heavy (non-hydrogen) atoms. The van der Waals surface area contributed by atoms with Crippen LogP contribution in [0.4, 0.5) is 0 Å². The molecule has 1 aliphatic rings. The van der Waals surface area contributed by atoms with E-state index in [-0.39, 0.29) is 6.10 Å². The molecule has 0 saturated heterocycles. The Hall–Kier alpha value is -2.64. The summed E-state index contributed by atoms with van der Waals surface area (Å²) in [5.74, 6) is 2.05. The topological polar surface area (TPSA) is 61.5 Å². The average Bonchev–Trinajstić information content (AvgIpc) is 3.22. The van der Waals surface area contributed by atoms with E-state index in [1.807, 2.05) is 48.5 Å². The molecule has 5 rings (SSSR count). The van der Waals surface area contributed by atoms with Crippen LogP contribution in [0.25, 0.3) is 15.5 Å². The fourth-order valence-electron chi connectivity index (χ4n) is 2.72. The number of rotatable bonds is 2. The van der Waals surface area contributed by atoms with Gasteiger partial charge in [0.1, 0.15) is 11.6 Å². The summed E-state index contributed by atoms with van der Waals surface area (Å²) >= 11 is 7.53. The van der Waals surface area contributed by atoms with Gasteiger partial charge in [0, 0.05) is 10.6 Å². The molecule has 0 amide bonds. The van der Waals surface area contributed by atoms with Crippen LogP contribution in [0.2, 0.25) is 5.02 Å². The SMILES string of the molecule is Clc1cccc(-c2nn3c([C@H]4COc5ccccc5O4)nnc3s2)c1. The fourth-order valence-corrected chi connectivity index (χ4v) is 3.75. The summed E-state index contributed by atoms with van der Waals surface area (Å²) in [6.07, 6.45) is -0.362. The van der Waals surface area contributed by atoms with Gasteiger partial charge in [-0.25, -0.2) is 0 Å². The van der Waals surface area contributed by atoms with Gasteiger partial charge in [0.25, 0.3) is 0 Å². The minimum atomic E-state index is -0.362. The quantitative estimate of drug-likeness (QED) is 0.533. The third-order valence-corrected chi connectivity index (χ3v) is 5.07. The summed E-state index contributed by atoms with van der Waals surface area (Å²) < 4.78 is 13.5. The number of ether oxygens (including phenoxy) is 2. The molecular formula is C17H11ClN4O2S. The predicted molar refractivity (Wildman–Crippen MR) is 94.4 cm³/mol. The largest absolute Gasteiger partial charge is 0.485 e. The second-order valence-corrected chi connectivity index (χ2v) is 6.93. The van der Waals surface area contributed by atoms with Gasteiger partial charge in [0.05, 0.1) is 0 Å². The Morgan fingerprint density at radius 1 is 1.08 bits per heavy atom.